The Morgan fingerprint density at radius 3 is 2.62 bits per heavy atom. The molecule has 1 aromatic carbocycles. The van der Waals surface area contributed by atoms with Crippen LogP contribution in [0.25, 0.3) is 0 Å². The van der Waals surface area contributed by atoms with Crippen LogP contribution in [0.15, 0.2) is 22.7 Å². The zero-order valence-corrected chi connectivity index (χ0v) is 11.0. The van der Waals surface area contributed by atoms with Gasteiger partial charge in [-0.15, -0.1) is 0 Å². The molecule has 0 N–H and O–H groups in total. The van der Waals surface area contributed by atoms with Crippen LogP contribution >= 0.6 is 15.9 Å². The molecule has 0 aliphatic carbocycles. The first kappa shape index (κ1) is 12.7. The maximum atomic E-state index is 11.4. The van der Waals surface area contributed by atoms with Crippen LogP contribution in [0.3, 0.4) is 0 Å². The van der Waals surface area contributed by atoms with E-state index in [4.69, 9.17) is 5.26 Å². The smallest absolute Gasteiger partial charge is 0.337 e. The number of hydrogen-bond donors (Lipinski definition) is 0. The third-order valence-electron chi connectivity index (χ3n) is 2.34. The summed E-state index contributed by atoms with van der Waals surface area (Å²) in [5.74, 6) is -0.400. The fourth-order valence-corrected chi connectivity index (χ4v) is 2.05. The topological polar surface area (TPSA) is 50.1 Å². The quantitative estimate of drug-likeness (QED) is 0.783. The second kappa shape index (κ2) is 4.67. The Labute approximate surface area is 103 Å². The molecule has 0 heterocycles. The second-order valence-electron chi connectivity index (χ2n) is 3.92. The van der Waals surface area contributed by atoms with Gasteiger partial charge in [0.15, 0.2) is 0 Å². The molecule has 0 aromatic heterocycles. The fourth-order valence-electron chi connectivity index (χ4n) is 1.31. The SMILES string of the molecule is COC(=O)c1ccc(Br)c(C(C)(C)C#N)c1. The minimum absolute atomic E-state index is 0.400. The Bertz CT molecular complexity index is 461. The van der Waals surface area contributed by atoms with Crippen molar-refractivity contribution in [2.24, 2.45) is 0 Å². The molecule has 84 valence electrons. The zero-order valence-electron chi connectivity index (χ0n) is 9.37. The summed E-state index contributed by atoms with van der Waals surface area (Å²) in [6.45, 7) is 3.60. The number of nitrogens with zero attached hydrogens (tertiary/aromatic N) is 1. The third kappa shape index (κ3) is 2.42. The molecule has 0 aliphatic rings. The molecule has 0 spiro atoms. The molecule has 1 aromatic rings. The van der Waals surface area contributed by atoms with Crippen LogP contribution in [-0.2, 0) is 10.2 Å². The van der Waals surface area contributed by atoms with Gasteiger partial charge in [-0.25, -0.2) is 4.79 Å². The van der Waals surface area contributed by atoms with Gasteiger partial charge in [0, 0.05) is 4.47 Å². The molecule has 16 heavy (non-hydrogen) atoms. The van der Waals surface area contributed by atoms with E-state index in [0.717, 1.165) is 10.0 Å². The van der Waals surface area contributed by atoms with Crippen molar-refractivity contribution < 1.29 is 9.53 Å². The van der Waals surface area contributed by atoms with Crippen molar-refractivity contribution in [1.29, 1.82) is 5.26 Å². The number of nitriles is 1. The number of esters is 1. The summed E-state index contributed by atoms with van der Waals surface area (Å²) in [6, 6.07) is 7.29. The highest BCUT2D eigenvalue weighted by molar-refractivity contribution is 9.10. The van der Waals surface area contributed by atoms with Crippen molar-refractivity contribution in [1.82, 2.24) is 0 Å². The normalized spacial score (nSPS) is 10.7. The number of carbonyl (C=O) groups excluding carboxylic acids is 1. The standard InChI is InChI=1S/C12H12BrNO2/c1-12(2,7-14)9-6-8(11(15)16-3)4-5-10(9)13/h4-6H,1-3H3. The van der Waals surface area contributed by atoms with Crippen molar-refractivity contribution in [3.05, 3.63) is 33.8 Å². The maximum Gasteiger partial charge on any atom is 0.337 e. The lowest BCUT2D eigenvalue weighted by molar-refractivity contribution is 0.0600. The van der Waals surface area contributed by atoms with Gasteiger partial charge in [0.05, 0.1) is 24.2 Å². The Hall–Kier alpha value is -1.34. The second-order valence-corrected chi connectivity index (χ2v) is 4.78. The molecule has 3 nitrogen and oxygen atoms in total. The van der Waals surface area contributed by atoms with Crippen molar-refractivity contribution in [2.45, 2.75) is 19.3 Å². The number of methoxy groups -OCH3 is 1. The predicted molar refractivity (Wildman–Crippen MR) is 64.1 cm³/mol. The summed E-state index contributed by atoms with van der Waals surface area (Å²) < 4.78 is 5.45. The predicted octanol–water partition coefficient (Wildman–Crippen LogP) is 3.04. The van der Waals surface area contributed by atoms with Crippen molar-refractivity contribution in [3.8, 4) is 6.07 Å². The van der Waals surface area contributed by atoms with Crippen LogP contribution in [0, 0.1) is 11.3 Å². The van der Waals surface area contributed by atoms with E-state index in [9.17, 15) is 4.79 Å². The van der Waals surface area contributed by atoms with E-state index in [1.54, 1.807) is 32.0 Å². The van der Waals surface area contributed by atoms with Crippen LogP contribution < -0.4 is 0 Å². The summed E-state index contributed by atoms with van der Waals surface area (Å²) in [6.07, 6.45) is 0. The lowest BCUT2D eigenvalue weighted by atomic mass is 9.85. The maximum absolute atomic E-state index is 11.4. The molecule has 0 radical (unpaired) electrons. The van der Waals surface area contributed by atoms with E-state index >= 15 is 0 Å². The minimum atomic E-state index is -0.650. The van der Waals surface area contributed by atoms with E-state index in [2.05, 4.69) is 26.7 Å². The zero-order chi connectivity index (χ0) is 12.3. The number of carbonyl (C=O) groups is 1. The van der Waals surface area contributed by atoms with Gasteiger partial charge in [0.2, 0.25) is 0 Å². The highest BCUT2D eigenvalue weighted by Crippen LogP contribution is 2.30. The molecule has 0 saturated heterocycles. The fraction of sp³-hybridized carbons (Fsp3) is 0.333. The molecular formula is C12H12BrNO2. The largest absolute Gasteiger partial charge is 0.465 e. The molecule has 0 saturated carbocycles. The molecule has 0 aliphatic heterocycles. The number of halogens is 1. The highest BCUT2D eigenvalue weighted by Gasteiger charge is 2.23. The van der Waals surface area contributed by atoms with Crippen LogP contribution in [0.1, 0.15) is 29.8 Å². The lowest BCUT2D eigenvalue weighted by Crippen LogP contribution is -2.16. The Morgan fingerprint density at radius 1 is 1.50 bits per heavy atom. The molecule has 4 heteroatoms. The van der Waals surface area contributed by atoms with E-state index in [0.29, 0.717) is 5.56 Å². The highest BCUT2D eigenvalue weighted by atomic mass is 79.9. The van der Waals surface area contributed by atoms with Crippen LogP contribution in [-0.4, -0.2) is 13.1 Å². The van der Waals surface area contributed by atoms with Gasteiger partial charge >= 0.3 is 5.97 Å². The summed E-state index contributed by atoms with van der Waals surface area (Å²) in [5.41, 5.74) is 0.574. The first-order valence-corrected chi connectivity index (χ1v) is 5.51. The summed E-state index contributed by atoms with van der Waals surface area (Å²) >= 11 is 3.37. The first-order chi connectivity index (χ1) is 7.42. The Morgan fingerprint density at radius 2 is 2.12 bits per heavy atom. The van der Waals surface area contributed by atoms with Crippen molar-refractivity contribution >= 4 is 21.9 Å². The molecule has 0 unspecified atom stereocenters. The van der Waals surface area contributed by atoms with Gasteiger partial charge in [-0.3, -0.25) is 0 Å². The van der Waals surface area contributed by atoms with Gasteiger partial charge in [0.25, 0.3) is 0 Å². The lowest BCUT2D eigenvalue weighted by Gasteiger charge is -2.18. The molecule has 0 atom stereocenters. The average molecular weight is 282 g/mol. The molecular weight excluding hydrogens is 270 g/mol. The van der Waals surface area contributed by atoms with Crippen molar-refractivity contribution in [2.75, 3.05) is 7.11 Å². The Kier molecular flexibility index (Phi) is 3.71. The average Bonchev–Trinajstić information content (AvgIpc) is 2.28. The van der Waals surface area contributed by atoms with Gasteiger partial charge in [-0.2, -0.15) is 5.26 Å². The number of benzene rings is 1. The number of hydrogen-bond acceptors (Lipinski definition) is 3. The van der Waals surface area contributed by atoms with Crippen LogP contribution in [0.2, 0.25) is 0 Å². The molecule has 0 bridgehead atoms. The molecule has 0 amide bonds. The third-order valence-corrected chi connectivity index (χ3v) is 3.03. The van der Waals surface area contributed by atoms with E-state index in [1.165, 1.54) is 7.11 Å². The first-order valence-electron chi connectivity index (χ1n) is 4.72. The summed E-state index contributed by atoms with van der Waals surface area (Å²) in [4.78, 5) is 11.4. The Balaban J connectivity index is 3.31. The van der Waals surface area contributed by atoms with Crippen LogP contribution in [0.5, 0.6) is 0 Å². The minimum Gasteiger partial charge on any atom is -0.465 e. The van der Waals surface area contributed by atoms with Crippen molar-refractivity contribution in [3.63, 3.8) is 0 Å². The summed E-state index contributed by atoms with van der Waals surface area (Å²) in [5, 5.41) is 9.07. The van der Waals surface area contributed by atoms with Gasteiger partial charge in [-0.05, 0) is 37.6 Å². The summed E-state index contributed by atoms with van der Waals surface area (Å²) in [7, 11) is 1.33. The molecule has 0 fully saturated rings. The van der Waals surface area contributed by atoms with Gasteiger partial charge < -0.3 is 4.74 Å². The van der Waals surface area contributed by atoms with E-state index < -0.39 is 11.4 Å². The van der Waals surface area contributed by atoms with Gasteiger partial charge in [0.1, 0.15) is 0 Å². The monoisotopic (exact) mass is 281 g/mol. The van der Waals surface area contributed by atoms with Gasteiger partial charge in [-0.1, -0.05) is 15.9 Å². The number of rotatable bonds is 2. The van der Waals surface area contributed by atoms with E-state index in [-0.39, 0.29) is 0 Å². The number of ether oxygens (including phenoxy) is 1. The van der Waals surface area contributed by atoms with Crippen LogP contribution in [0.4, 0.5) is 0 Å². The van der Waals surface area contributed by atoms with E-state index in [1.807, 2.05) is 0 Å². The molecule has 1 rings (SSSR count).